The van der Waals surface area contributed by atoms with Crippen molar-refractivity contribution in [3.8, 4) is 6.07 Å². The molecular weight excluding hydrogens is 274 g/mol. The Bertz CT molecular complexity index is 845. The summed E-state index contributed by atoms with van der Waals surface area (Å²) in [4.78, 5) is 17.3. The number of nitriles is 1. The van der Waals surface area contributed by atoms with Gasteiger partial charge in [0.1, 0.15) is 11.6 Å². The molecule has 0 unspecified atom stereocenters. The van der Waals surface area contributed by atoms with Crippen molar-refractivity contribution < 1.29 is 0 Å². The lowest BCUT2D eigenvalue weighted by molar-refractivity contribution is 0.385. The zero-order valence-electron chi connectivity index (χ0n) is 12.8. The van der Waals surface area contributed by atoms with Gasteiger partial charge in [-0.15, -0.1) is 0 Å². The Labute approximate surface area is 129 Å². The van der Waals surface area contributed by atoms with Gasteiger partial charge in [0.25, 0.3) is 5.56 Å². The fourth-order valence-electron chi connectivity index (χ4n) is 3.70. The van der Waals surface area contributed by atoms with E-state index < -0.39 is 0 Å². The Balaban J connectivity index is 1.88. The predicted molar refractivity (Wildman–Crippen MR) is 87.1 cm³/mol. The van der Waals surface area contributed by atoms with Crippen molar-refractivity contribution in [2.45, 2.75) is 32.6 Å². The topological polar surface area (TPSA) is 59.9 Å². The molecule has 0 amide bonds. The highest BCUT2D eigenvalue weighted by atomic mass is 16.1. The van der Waals surface area contributed by atoms with E-state index in [2.05, 4.69) is 22.0 Å². The lowest BCUT2D eigenvalue weighted by atomic mass is 9.92. The first-order valence-electron chi connectivity index (χ1n) is 7.94. The first kappa shape index (κ1) is 13.4. The molecule has 0 atom stereocenters. The van der Waals surface area contributed by atoms with Gasteiger partial charge >= 0.3 is 0 Å². The molecule has 0 bridgehead atoms. The SMILES string of the molecule is Cc1ccc2[nH]c(=O)c(C#N)c(N3CCC4(CC3)CC4)c2c1. The number of rotatable bonds is 1. The van der Waals surface area contributed by atoms with Gasteiger partial charge < -0.3 is 9.88 Å². The molecule has 2 heterocycles. The number of aromatic amines is 1. The van der Waals surface area contributed by atoms with E-state index in [4.69, 9.17) is 0 Å². The van der Waals surface area contributed by atoms with Crippen molar-refractivity contribution in [2.24, 2.45) is 5.41 Å². The third-order valence-corrected chi connectivity index (χ3v) is 5.35. The second kappa shape index (κ2) is 4.61. The maximum Gasteiger partial charge on any atom is 0.268 e. The summed E-state index contributed by atoms with van der Waals surface area (Å²) in [6.45, 7) is 3.93. The molecule has 22 heavy (non-hydrogen) atoms. The highest BCUT2D eigenvalue weighted by Gasteiger charge is 2.44. The molecule has 4 nitrogen and oxygen atoms in total. The standard InChI is InChI=1S/C18H19N3O/c1-12-2-3-15-13(10-12)16(14(11-19)17(22)20-15)21-8-6-18(4-5-18)7-9-21/h2-3,10H,4-9H2,1H3,(H,20,22). The van der Waals surface area contributed by atoms with Gasteiger partial charge in [-0.05, 0) is 50.2 Å². The van der Waals surface area contributed by atoms with E-state index in [1.807, 2.05) is 19.1 Å². The van der Waals surface area contributed by atoms with E-state index in [1.165, 1.54) is 25.7 Å². The van der Waals surface area contributed by atoms with E-state index in [0.29, 0.717) is 5.41 Å². The van der Waals surface area contributed by atoms with Crippen LogP contribution < -0.4 is 10.5 Å². The summed E-state index contributed by atoms with van der Waals surface area (Å²) >= 11 is 0. The van der Waals surface area contributed by atoms with Gasteiger partial charge in [0.2, 0.25) is 0 Å². The first-order chi connectivity index (χ1) is 10.6. The number of H-pyrrole nitrogens is 1. The molecule has 1 N–H and O–H groups in total. The van der Waals surface area contributed by atoms with Crippen molar-refractivity contribution >= 4 is 16.6 Å². The van der Waals surface area contributed by atoms with Crippen LogP contribution in [0.1, 0.15) is 36.8 Å². The molecule has 1 spiro atoms. The number of piperidine rings is 1. The second-order valence-electron chi connectivity index (χ2n) is 6.83. The number of fused-ring (bicyclic) bond motifs is 1. The van der Waals surface area contributed by atoms with Crippen LogP contribution in [0.25, 0.3) is 10.9 Å². The summed E-state index contributed by atoms with van der Waals surface area (Å²) in [5.74, 6) is 0. The zero-order chi connectivity index (χ0) is 15.3. The number of hydrogen-bond donors (Lipinski definition) is 1. The Hall–Kier alpha value is -2.28. The maximum absolute atomic E-state index is 12.2. The monoisotopic (exact) mass is 293 g/mol. The number of nitrogens with one attached hydrogen (secondary N) is 1. The lowest BCUT2D eigenvalue weighted by Gasteiger charge is -2.34. The van der Waals surface area contributed by atoms with Gasteiger partial charge in [-0.2, -0.15) is 5.26 Å². The molecule has 4 heteroatoms. The van der Waals surface area contributed by atoms with Crippen LogP contribution in [0.15, 0.2) is 23.0 Å². The fraction of sp³-hybridized carbons (Fsp3) is 0.444. The molecule has 2 aliphatic rings. The van der Waals surface area contributed by atoms with Gasteiger partial charge in [-0.1, -0.05) is 11.6 Å². The highest BCUT2D eigenvalue weighted by molar-refractivity contribution is 5.95. The number of hydrogen-bond acceptors (Lipinski definition) is 3. The largest absolute Gasteiger partial charge is 0.370 e. The minimum absolute atomic E-state index is 0.254. The number of anilines is 1. The third kappa shape index (κ3) is 2.00. The molecule has 112 valence electrons. The first-order valence-corrected chi connectivity index (χ1v) is 7.94. The van der Waals surface area contributed by atoms with Crippen molar-refractivity contribution in [2.75, 3.05) is 18.0 Å². The van der Waals surface area contributed by atoms with Gasteiger partial charge in [0, 0.05) is 18.5 Å². The average Bonchev–Trinajstić information content (AvgIpc) is 3.27. The maximum atomic E-state index is 12.2. The van der Waals surface area contributed by atoms with Gasteiger partial charge in [0.15, 0.2) is 0 Å². The summed E-state index contributed by atoms with van der Waals surface area (Å²) in [7, 11) is 0. The summed E-state index contributed by atoms with van der Waals surface area (Å²) in [6, 6.07) is 8.12. The van der Waals surface area contributed by atoms with E-state index in [1.54, 1.807) is 0 Å². The van der Waals surface area contributed by atoms with Crippen molar-refractivity contribution in [3.63, 3.8) is 0 Å². The number of pyridine rings is 1. The van der Waals surface area contributed by atoms with Crippen LogP contribution in [0.3, 0.4) is 0 Å². The minimum Gasteiger partial charge on any atom is -0.370 e. The molecule has 1 aliphatic heterocycles. The molecule has 1 aromatic carbocycles. The van der Waals surface area contributed by atoms with E-state index >= 15 is 0 Å². The van der Waals surface area contributed by atoms with Gasteiger partial charge in [-0.25, -0.2) is 0 Å². The Morgan fingerprint density at radius 3 is 2.59 bits per heavy atom. The number of benzene rings is 1. The molecule has 4 rings (SSSR count). The molecule has 2 aromatic rings. The van der Waals surface area contributed by atoms with Crippen molar-refractivity contribution in [1.82, 2.24) is 4.98 Å². The van der Waals surface area contributed by atoms with E-state index in [9.17, 15) is 10.1 Å². The normalized spacial score (nSPS) is 19.4. The fourth-order valence-corrected chi connectivity index (χ4v) is 3.70. The average molecular weight is 293 g/mol. The molecule has 1 aliphatic carbocycles. The van der Waals surface area contributed by atoms with Crippen molar-refractivity contribution in [1.29, 1.82) is 5.26 Å². The predicted octanol–water partition coefficient (Wildman–Crippen LogP) is 3.09. The van der Waals surface area contributed by atoms with Crippen LogP contribution in [0, 0.1) is 23.7 Å². The lowest BCUT2D eigenvalue weighted by Crippen LogP contribution is -2.36. The molecule has 1 saturated carbocycles. The Morgan fingerprint density at radius 2 is 1.95 bits per heavy atom. The molecule has 1 aromatic heterocycles. The van der Waals surface area contributed by atoms with Gasteiger partial charge in [0.05, 0.1) is 11.2 Å². The summed E-state index contributed by atoms with van der Waals surface area (Å²) in [5, 5.41) is 10.5. The van der Waals surface area contributed by atoms with Crippen LogP contribution in [0.2, 0.25) is 0 Å². The molecule has 1 saturated heterocycles. The summed E-state index contributed by atoms with van der Waals surface area (Å²) < 4.78 is 0. The van der Waals surface area contributed by atoms with Crippen LogP contribution in [0.4, 0.5) is 5.69 Å². The number of aromatic nitrogens is 1. The number of nitrogens with zero attached hydrogens (tertiary/aromatic N) is 2. The minimum atomic E-state index is -0.277. The van der Waals surface area contributed by atoms with Crippen LogP contribution in [-0.2, 0) is 0 Å². The van der Waals surface area contributed by atoms with Gasteiger partial charge in [-0.3, -0.25) is 4.79 Å². The van der Waals surface area contributed by atoms with E-state index in [-0.39, 0.29) is 11.1 Å². The van der Waals surface area contributed by atoms with Crippen LogP contribution in [0.5, 0.6) is 0 Å². The third-order valence-electron chi connectivity index (χ3n) is 5.35. The second-order valence-corrected chi connectivity index (χ2v) is 6.83. The van der Waals surface area contributed by atoms with Crippen molar-refractivity contribution in [3.05, 3.63) is 39.7 Å². The molecule has 2 fully saturated rings. The zero-order valence-corrected chi connectivity index (χ0v) is 12.8. The summed E-state index contributed by atoms with van der Waals surface area (Å²) in [6.07, 6.45) is 5.05. The Morgan fingerprint density at radius 1 is 1.23 bits per heavy atom. The molecule has 0 radical (unpaired) electrons. The molecular formula is C18H19N3O. The van der Waals surface area contributed by atoms with Crippen LogP contribution >= 0.6 is 0 Å². The quantitative estimate of drug-likeness (QED) is 0.879. The highest BCUT2D eigenvalue weighted by Crippen LogP contribution is 2.54. The van der Waals surface area contributed by atoms with E-state index in [0.717, 1.165) is 35.2 Å². The smallest absolute Gasteiger partial charge is 0.268 e. The Kier molecular flexibility index (Phi) is 2.80. The summed E-state index contributed by atoms with van der Waals surface area (Å²) in [5.41, 5.74) is 3.35. The van der Waals surface area contributed by atoms with Crippen LogP contribution in [-0.4, -0.2) is 18.1 Å². The number of aryl methyl sites for hydroxylation is 1.